The van der Waals surface area contributed by atoms with Crippen molar-refractivity contribution in [3.8, 4) is 0 Å². The van der Waals surface area contributed by atoms with Crippen molar-refractivity contribution < 1.29 is 29.4 Å². The van der Waals surface area contributed by atoms with Gasteiger partial charge in [0.25, 0.3) is 0 Å². The molecule has 0 aromatic heterocycles. The lowest BCUT2D eigenvalue weighted by molar-refractivity contribution is -0.148. The number of benzene rings is 2. The lowest BCUT2D eigenvalue weighted by Crippen LogP contribution is -2.61. The van der Waals surface area contributed by atoms with Crippen LogP contribution in [0.5, 0.6) is 0 Å². The Kier molecular flexibility index (Phi) is 8.65. The van der Waals surface area contributed by atoms with E-state index in [0.717, 1.165) is 5.56 Å². The largest absolute Gasteiger partial charge is 0.481 e. The molecule has 6 N–H and O–H groups in total. The summed E-state index contributed by atoms with van der Waals surface area (Å²) in [5.74, 6) is -4.41. The van der Waals surface area contributed by atoms with E-state index < -0.39 is 48.2 Å². The summed E-state index contributed by atoms with van der Waals surface area (Å²) < 4.78 is 0. The molecule has 0 saturated heterocycles. The quantitative estimate of drug-likeness (QED) is 0.208. The third-order valence-corrected chi connectivity index (χ3v) is 5.30. The van der Waals surface area contributed by atoms with Crippen LogP contribution in [0.15, 0.2) is 54.6 Å². The van der Waals surface area contributed by atoms with E-state index in [1.54, 1.807) is 0 Å². The summed E-state index contributed by atoms with van der Waals surface area (Å²) in [4.78, 5) is 47.7. The molecule has 0 saturated carbocycles. The SMILES string of the molecule is NC(=O)c1ccc(NC(CCC(=O)O)(NC(=O)C(CS)Cc2ccccc2)C(=O)O)cc1. The van der Waals surface area contributed by atoms with Crippen LogP contribution in [0.1, 0.15) is 28.8 Å². The number of carboxylic acids is 2. The van der Waals surface area contributed by atoms with Crippen LogP contribution >= 0.6 is 12.6 Å². The molecule has 2 aromatic rings. The molecule has 0 bridgehead atoms. The van der Waals surface area contributed by atoms with E-state index in [0.29, 0.717) is 6.42 Å². The van der Waals surface area contributed by atoms with Crippen LogP contribution in [-0.2, 0) is 20.8 Å². The van der Waals surface area contributed by atoms with E-state index in [1.165, 1.54) is 24.3 Å². The molecule has 2 atom stereocenters. The second-order valence-corrected chi connectivity index (χ2v) is 7.59. The number of hydrogen-bond acceptors (Lipinski definition) is 6. The molecular weight excluding hydrogens is 434 g/mol. The van der Waals surface area contributed by atoms with Gasteiger partial charge in [0.1, 0.15) is 0 Å². The van der Waals surface area contributed by atoms with E-state index in [1.807, 2.05) is 30.3 Å². The number of aliphatic carboxylic acids is 2. The molecule has 170 valence electrons. The number of carbonyl (C=O) groups is 4. The van der Waals surface area contributed by atoms with Gasteiger partial charge in [-0.05, 0) is 36.2 Å². The minimum Gasteiger partial charge on any atom is -0.481 e. The first-order valence-corrected chi connectivity index (χ1v) is 10.4. The molecule has 0 aliphatic carbocycles. The zero-order valence-corrected chi connectivity index (χ0v) is 18.0. The first-order chi connectivity index (χ1) is 15.2. The molecule has 0 radical (unpaired) electrons. The van der Waals surface area contributed by atoms with Crippen molar-refractivity contribution in [2.24, 2.45) is 11.7 Å². The maximum absolute atomic E-state index is 13.0. The molecule has 2 amide bonds. The van der Waals surface area contributed by atoms with Gasteiger partial charge in [-0.3, -0.25) is 14.4 Å². The van der Waals surface area contributed by atoms with Crippen LogP contribution in [-0.4, -0.2) is 45.4 Å². The van der Waals surface area contributed by atoms with Gasteiger partial charge in [0, 0.05) is 29.8 Å². The minimum atomic E-state index is -2.10. The summed E-state index contributed by atoms with van der Waals surface area (Å²) in [6.07, 6.45) is -0.604. The van der Waals surface area contributed by atoms with Crippen LogP contribution in [0, 0.1) is 5.92 Å². The topological polar surface area (TPSA) is 159 Å². The second kappa shape index (κ2) is 11.2. The average molecular weight is 460 g/mol. The van der Waals surface area contributed by atoms with Crippen LogP contribution in [0.2, 0.25) is 0 Å². The van der Waals surface area contributed by atoms with Crippen LogP contribution < -0.4 is 16.4 Å². The Morgan fingerprint density at radius 2 is 1.62 bits per heavy atom. The maximum atomic E-state index is 13.0. The summed E-state index contributed by atoms with van der Waals surface area (Å²) in [6, 6.07) is 14.8. The number of primary amides is 1. The Labute approximate surface area is 190 Å². The third-order valence-electron chi connectivity index (χ3n) is 4.86. The van der Waals surface area contributed by atoms with Gasteiger partial charge in [-0.15, -0.1) is 0 Å². The monoisotopic (exact) mass is 459 g/mol. The van der Waals surface area contributed by atoms with Gasteiger partial charge in [0.05, 0.1) is 5.92 Å². The molecule has 2 aromatic carbocycles. The Hall–Kier alpha value is -3.53. The Morgan fingerprint density at radius 1 is 1.00 bits per heavy atom. The van der Waals surface area contributed by atoms with Crippen molar-refractivity contribution in [1.82, 2.24) is 5.32 Å². The lowest BCUT2D eigenvalue weighted by Gasteiger charge is -2.33. The van der Waals surface area contributed by atoms with Crippen LogP contribution in [0.25, 0.3) is 0 Å². The van der Waals surface area contributed by atoms with E-state index >= 15 is 0 Å². The van der Waals surface area contributed by atoms with E-state index in [4.69, 9.17) is 10.8 Å². The summed E-state index contributed by atoms with van der Waals surface area (Å²) in [5.41, 5.74) is 4.47. The van der Waals surface area contributed by atoms with Gasteiger partial charge in [0.15, 0.2) is 0 Å². The fourth-order valence-corrected chi connectivity index (χ4v) is 3.37. The van der Waals surface area contributed by atoms with Gasteiger partial charge in [-0.2, -0.15) is 12.6 Å². The summed E-state index contributed by atoms with van der Waals surface area (Å²) in [7, 11) is 0. The van der Waals surface area contributed by atoms with Crippen molar-refractivity contribution in [1.29, 1.82) is 0 Å². The van der Waals surface area contributed by atoms with Crippen LogP contribution in [0.4, 0.5) is 5.69 Å². The first-order valence-electron chi connectivity index (χ1n) is 9.77. The summed E-state index contributed by atoms with van der Waals surface area (Å²) >= 11 is 4.23. The predicted octanol–water partition coefficient (Wildman–Crippen LogP) is 1.75. The second-order valence-electron chi connectivity index (χ2n) is 7.23. The Balaban J connectivity index is 2.31. The van der Waals surface area contributed by atoms with Crippen molar-refractivity contribution in [2.75, 3.05) is 11.1 Å². The number of thiol groups is 1. The number of amides is 2. The number of carboxylic acid groups (broad SMARTS) is 2. The van der Waals surface area contributed by atoms with Gasteiger partial charge < -0.3 is 26.6 Å². The zero-order valence-electron chi connectivity index (χ0n) is 17.2. The standard InChI is InChI=1S/C22H25N3O6S/c23-19(28)15-6-8-17(9-7-15)24-22(21(30)31,11-10-18(26)27)25-20(29)16(13-32)12-14-4-2-1-3-5-14/h1-9,16,24,32H,10-13H2,(H2,23,28)(H,25,29)(H,26,27)(H,30,31). The van der Waals surface area contributed by atoms with Crippen molar-refractivity contribution in [3.05, 3.63) is 65.7 Å². The maximum Gasteiger partial charge on any atom is 0.350 e. The molecule has 9 nitrogen and oxygen atoms in total. The highest BCUT2D eigenvalue weighted by atomic mass is 32.1. The third kappa shape index (κ3) is 6.74. The Morgan fingerprint density at radius 3 is 2.12 bits per heavy atom. The highest BCUT2D eigenvalue weighted by Gasteiger charge is 2.41. The molecule has 2 rings (SSSR count). The molecular formula is C22H25N3O6S. The van der Waals surface area contributed by atoms with Crippen molar-refractivity contribution >= 4 is 42.1 Å². The first kappa shape index (κ1) is 24.7. The van der Waals surface area contributed by atoms with Crippen molar-refractivity contribution in [2.45, 2.75) is 24.9 Å². The number of rotatable bonds is 12. The number of hydrogen-bond donors (Lipinski definition) is 6. The van der Waals surface area contributed by atoms with E-state index in [9.17, 15) is 24.3 Å². The van der Waals surface area contributed by atoms with Gasteiger partial charge in [-0.25, -0.2) is 4.79 Å². The fraction of sp³-hybridized carbons (Fsp3) is 0.273. The normalized spacial score (nSPS) is 13.4. The predicted molar refractivity (Wildman–Crippen MR) is 121 cm³/mol. The molecule has 0 heterocycles. The molecule has 32 heavy (non-hydrogen) atoms. The molecule has 0 aliphatic heterocycles. The lowest BCUT2D eigenvalue weighted by atomic mass is 9.97. The van der Waals surface area contributed by atoms with Crippen LogP contribution in [0.3, 0.4) is 0 Å². The van der Waals surface area contributed by atoms with E-state index in [-0.39, 0.29) is 17.0 Å². The van der Waals surface area contributed by atoms with Gasteiger partial charge >= 0.3 is 11.9 Å². The molecule has 0 spiro atoms. The van der Waals surface area contributed by atoms with Gasteiger partial charge in [0.2, 0.25) is 17.5 Å². The molecule has 2 unspecified atom stereocenters. The van der Waals surface area contributed by atoms with Gasteiger partial charge in [-0.1, -0.05) is 30.3 Å². The molecule has 10 heteroatoms. The minimum absolute atomic E-state index is 0.155. The summed E-state index contributed by atoms with van der Waals surface area (Å²) in [5, 5.41) is 24.3. The summed E-state index contributed by atoms with van der Waals surface area (Å²) in [6.45, 7) is 0. The smallest absolute Gasteiger partial charge is 0.350 e. The molecule has 0 fully saturated rings. The number of anilines is 1. The highest BCUT2D eigenvalue weighted by Crippen LogP contribution is 2.22. The average Bonchev–Trinajstić information content (AvgIpc) is 2.76. The van der Waals surface area contributed by atoms with Crippen molar-refractivity contribution in [3.63, 3.8) is 0 Å². The number of nitrogens with two attached hydrogens (primary N) is 1. The fourth-order valence-electron chi connectivity index (χ4n) is 3.08. The number of nitrogens with one attached hydrogen (secondary N) is 2. The van der Waals surface area contributed by atoms with E-state index in [2.05, 4.69) is 23.3 Å². The highest BCUT2D eigenvalue weighted by molar-refractivity contribution is 7.80. The molecule has 0 aliphatic rings. The Bertz CT molecular complexity index is 967. The zero-order chi connectivity index (χ0) is 23.7. The number of carbonyl (C=O) groups excluding carboxylic acids is 2.